The molecular weight excluding hydrogens is 717 g/mol. The largest absolute Gasteiger partial charge is 0.505 e. The maximum Gasteiger partial charge on any atom is 0.296 e. The molecule has 0 radical (unpaired) electrons. The summed E-state index contributed by atoms with van der Waals surface area (Å²) in [6.45, 7) is 1.60. The summed E-state index contributed by atoms with van der Waals surface area (Å²) in [5.74, 6) is -0.624. The third-order valence-corrected chi connectivity index (χ3v) is 9.75. The van der Waals surface area contributed by atoms with Gasteiger partial charge in [0.25, 0.3) is 30.4 Å². The number of hydrogen-bond donors (Lipinski definition) is 6. The van der Waals surface area contributed by atoms with Gasteiger partial charge in [-0.3, -0.25) is 13.7 Å². The number of phenols is 1. The molecule has 0 aromatic heterocycles. The highest BCUT2D eigenvalue weighted by Crippen LogP contribution is 2.44. The van der Waals surface area contributed by atoms with E-state index in [2.05, 4.69) is 25.8 Å². The second-order valence-corrected chi connectivity index (χ2v) is 14.7. The molecule has 5 aromatic carbocycles. The van der Waals surface area contributed by atoms with Crippen molar-refractivity contribution in [2.45, 2.75) is 21.6 Å². The standard InChI is InChI=1S/C30H26N6O11S3/c1-16-11-24(25(47-2)15-23(16)34-33-22-5-3-4-6-26(22)48(38,39)40)35-36-29-28(50(44,45)46)12-17-7-8-18(13-20(17)30(29)37)32-19-9-10-21(31)27(14-19)49(41,42)43/h3-15,32,37H,31H2,1-2H3,(H,38,39,40)(H,41,42,43)(H,44,45,46). The Kier molecular flexibility index (Phi) is 9.61. The smallest absolute Gasteiger partial charge is 0.296 e. The highest BCUT2D eigenvalue weighted by Gasteiger charge is 2.23. The van der Waals surface area contributed by atoms with E-state index in [9.17, 15) is 44.0 Å². The van der Waals surface area contributed by atoms with Gasteiger partial charge in [-0.05, 0) is 72.5 Å². The second kappa shape index (κ2) is 13.4. The van der Waals surface area contributed by atoms with E-state index in [1.807, 2.05) is 0 Å². The van der Waals surface area contributed by atoms with Crippen molar-refractivity contribution in [2.24, 2.45) is 20.5 Å². The van der Waals surface area contributed by atoms with Gasteiger partial charge in [0.05, 0.1) is 18.5 Å². The number of benzene rings is 5. The average Bonchev–Trinajstić information content (AvgIpc) is 3.03. The summed E-state index contributed by atoms with van der Waals surface area (Å²) in [4.78, 5) is -1.75. The number of fused-ring (bicyclic) bond motifs is 1. The summed E-state index contributed by atoms with van der Waals surface area (Å²) in [6, 6.07) is 17.4. The number of rotatable bonds is 10. The SMILES string of the molecule is COc1cc(N=Nc2ccccc2S(=O)(=O)O)c(C)cc1N=Nc1c(S(=O)(=O)O)cc2ccc(Nc3ccc(N)c(S(=O)(=O)O)c3)cc2c1O. The molecule has 0 saturated heterocycles. The van der Waals surface area contributed by atoms with Gasteiger partial charge in [0, 0.05) is 22.8 Å². The molecule has 0 aliphatic carbocycles. The van der Waals surface area contributed by atoms with E-state index in [1.54, 1.807) is 6.92 Å². The molecule has 0 aliphatic rings. The molecule has 5 aromatic rings. The molecule has 0 unspecified atom stereocenters. The van der Waals surface area contributed by atoms with Crippen molar-refractivity contribution in [3.63, 3.8) is 0 Å². The van der Waals surface area contributed by atoms with E-state index in [0.29, 0.717) is 11.3 Å². The summed E-state index contributed by atoms with van der Waals surface area (Å²) in [7, 11) is -12.9. The highest BCUT2D eigenvalue weighted by atomic mass is 32.2. The van der Waals surface area contributed by atoms with E-state index < -0.39 is 56.5 Å². The average molecular weight is 743 g/mol. The van der Waals surface area contributed by atoms with Crippen LogP contribution < -0.4 is 15.8 Å². The lowest BCUT2D eigenvalue weighted by Gasteiger charge is -2.13. The van der Waals surface area contributed by atoms with Crippen LogP contribution in [0.4, 0.5) is 39.8 Å². The van der Waals surface area contributed by atoms with Crippen molar-refractivity contribution < 1.29 is 48.8 Å². The lowest BCUT2D eigenvalue weighted by molar-refractivity contribution is 0.416. The van der Waals surface area contributed by atoms with Gasteiger partial charge in [0.2, 0.25) is 0 Å². The van der Waals surface area contributed by atoms with Crippen LogP contribution in [0.3, 0.4) is 0 Å². The van der Waals surface area contributed by atoms with Crippen LogP contribution in [0.5, 0.6) is 11.5 Å². The number of nitrogens with one attached hydrogen (secondary N) is 1. The Balaban J connectivity index is 1.55. The normalized spacial score (nSPS) is 12.6. The molecule has 20 heteroatoms. The Morgan fingerprint density at radius 2 is 1.26 bits per heavy atom. The molecule has 0 bridgehead atoms. The van der Waals surface area contributed by atoms with Gasteiger partial charge in [0.1, 0.15) is 37.5 Å². The number of methoxy groups -OCH3 is 1. The summed E-state index contributed by atoms with van der Waals surface area (Å²) < 4.78 is 106. The number of nitrogens with two attached hydrogens (primary N) is 1. The summed E-state index contributed by atoms with van der Waals surface area (Å²) in [6.07, 6.45) is 0. The van der Waals surface area contributed by atoms with Crippen molar-refractivity contribution in [3.05, 3.63) is 84.4 Å². The first-order valence-corrected chi connectivity index (χ1v) is 18.2. The van der Waals surface area contributed by atoms with Crippen molar-refractivity contribution in [3.8, 4) is 11.5 Å². The Morgan fingerprint density at radius 3 is 1.92 bits per heavy atom. The molecule has 0 amide bonds. The minimum atomic E-state index is -4.95. The maximum atomic E-state index is 12.4. The lowest BCUT2D eigenvalue weighted by atomic mass is 10.1. The molecule has 0 heterocycles. The third kappa shape index (κ3) is 7.70. The quantitative estimate of drug-likeness (QED) is 0.0490. The molecule has 5 rings (SSSR count). The molecule has 7 N–H and O–H groups in total. The second-order valence-electron chi connectivity index (χ2n) is 10.5. The van der Waals surface area contributed by atoms with Gasteiger partial charge in [-0.25, -0.2) is 0 Å². The van der Waals surface area contributed by atoms with E-state index in [-0.39, 0.29) is 45.0 Å². The molecule has 0 aliphatic heterocycles. The number of nitrogen functional groups attached to an aromatic ring is 1. The van der Waals surface area contributed by atoms with E-state index >= 15 is 0 Å². The van der Waals surface area contributed by atoms with E-state index in [4.69, 9.17) is 10.5 Å². The lowest BCUT2D eigenvalue weighted by Crippen LogP contribution is -2.04. The molecular formula is C30H26N6O11S3. The van der Waals surface area contributed by atoms with Crippen molar-refractivity contribution >= 4 is 80.9 Å². The molecule has 260 valence electrons. The van der Waals surface area contributed by atoms with Crippen LogP contribution in [0.2, 0.25) is 0 Å². The first-order valence-electron chi connectivity index (χ1n) is 13.9. The highest BCUT2D eigenvalue weighted by molar-refractivity contribution is 7.86. The van der Waals surface area contributed by atoms with Crippen LogP contribution in [0.25, 0.3) is 10.8 Å². The van der Waals surface area contributed by atoms with Gasteiger partial charge in [-0.15, -0.1) is 15.3 Å². The van der Waals surface area contributed by atoms with E-state index in [1.165, 1.54) is 67.8 Å². The number of anilines is 3. The number of phenolic OH excluding ortho intramolecular Hbond substituents is 1. The van der Waals surface area contributed by atoms with E-state index in [0.717, 1.165) is 18.2 Å². The number of azo groups is 2. The Morgan fingerprint density at radius 1 is 0.660 bits per heavy atom. The van der Waals surface area contributed by atoms with Gasteiger partial charge >= 0.3 is 0 Å². The predicted molar refractivity (Wildman–Crippen MR) is 182 cm³/mol. The fourth-order valence-corrected chi connectivity index (χ4v) is 6.62. The molecule has 0 spiro atoms. The zero-order valence-corrected chi connectivity index (χ0v) is 28.2. The fourth-order valence-electron chi connectivity index (χ4n) is 4.70. The number of aromatic hydroxyl groups is 1. The minimum Gasteiger partial charge on any atom is -0.505 e. The molecule has 0 fully saturated rings. The molecule has 0 atom stereocenters. The fraction of sp³-hybridized carbons (Fsp3) is 0.0667. The molecule has 50 heavy (non-hydrogen) atoms. The van der Waals surface area contributed by atoms with Crippen LogP contribution in [-0.4, -0.2) is 51.1 Å². The zero-order chi connectivity index (χ0) is 36.6. The number of nitrogens with zero attached hydrogens (tertiary/aromatic N) is 4. The van der Waals surface area contributed by atoms with Gasteiger partial charge in [-0.1, -0.05) is 18.2 Å². The zero-order valence-electron chi connectivity index (χ0n) is 25.7. The Hall–Kier alpha value is -5.51. The first kappa shape index (κ1) is 35.8. The van der Waals surface area contributed by atoms with Crippen molar-refractivity contribution in [1.29, 1.82) is 0 Å². The van der Waals surface area contributed by atoms with Crippen LogP contribution in [-0.2, 0) is 30.4 Å². The van der Waals surface area contributed by atoms with Gasteiger partial charge in [-0.2, -0.15) is 30.4 Å². The molecule has 0 saturated carbocycles. The van der Waals surface area contributed by atoms with Crippen LogP contribution in [0.1, 0.15) is 5.56 Å². The Bertz CT molecular complexity index is 2580. The summed E-state index contributed by atoms with van der Waals surface area (Å²) in [5.41, 5.74) is 5.90. The minimum absolute atomic E-state index is 0.0384. The van der Waals surface area contributed by atoms with Crippen LogP contribution >= 0.6 is 0 Å². The van der Waals surface area contributed by atoms with Gasteiger partial charge in [0.15, 0.2) is 5.75 Å². The Labute approximate surface area is 285 Å². The predicted octanol–water partition coefficient (Wildman–Crippen LogP) is 6.76. The van der Waals surface area contributed by atoms with Crippen molar-refractivity contribution in [1.82, 2.24) is 0 Å². The number of aryl methyl sites for hydroxylation is 1. The topological polar surface area (TPSA) is 280 Å². The number of ether oxygens (including phenoxy) is 1. The molecule has 17 nitrogen and oxygen atoms in total. The third-order valence-electron chi connectivity index (χ3n) is 7.07. The summed E-state index contributed by atoms with van der Waals surface area (Å²) in [5, 5.41) is 30.4. The monoisotopic (exact) mass is 742 g/mol. The number of hydrogen-bond acceptors (Lipinski definition) is 14. The van der Waals surface area contributed by atoms with Crippen LogP contribution in [0, 0.1) is 6.92 Å². The van der Waals surface area contributed by atoms with Crippen LogP contribution in [0.15, 0.2) is 114 Å². The summed E-state index contributed by atoms with van der Waals surface area (Å²) >= 11 is 0. The van der Waals surface area contributed by atoms with Crippen molar-refractivity contribution in [2.75, 3.05) is 18.2 Å². The van der Waals surface area contributed by atoms with Gasteiger partial charge < -0.3 is 20.9 Å². The first-order chi connectivity index (χ1) is 23.4. The maximum absolute atomic E-state index is 12.4.